The minimum Gasteiger partial charge on any atom is -0.860 e. The van der Waals surface area contributed by atoms with Crippen molar-refractivity contribution in [3.8, 4) is 0 Å². The second kappa shape index (κ2) is 18.2. The van der Waals surface area contributed by atoms with Crippen LogP contribution in [0.2, 0.25) is 0 Å². The largest absolute Gasteiger partial charge is 0.860 e. The molecule has 0 radical (unpaired) electrons. The zero-order valence-corrected chi connectivity index (χ0v) is 28.1. The lowest BCUT2D eigenvalue weighted by atomic mass is 9.83. The molecule has 5 N–H and O–H groups in total. The number of ether oxygens (including phenoxy) is 1. The van der Waals surface area contributed by atoms with E-state index in [1.165, 1.54) is 13.3 Å². The molecule has 2 aliphatic rings. The van der Waals surface area contributed by atoms with Gasteiger partial charge in [-0.15, -0.1) is 0 Å². The fraction of sp³-hybridized carbons (Fsp3) is 0.556. The van der Waals surface area contributed by atoms with Gasteiger partial charge >= 0.3 is 6.09 Å². The number of carbonyl (C=O) groups is 4. The van der Waals surface area contributed by atoms with Crippen LogP contribution in [0.5, 0.6) is 0 Å². The summed E-state index contributed by atoms with van der Waals surface area (Å²) < 4.78 is 7.17. The predicted octanol–water partition coefficient (Wildman–Crippen LogP) is 2.41. The summed E-state index contributed by atoms with van der Waals surface area (Å²) >= 11 is 0. The topological polar surface area (TPSA) is 179 Å². The number of aromatic nitrogens is 1. The van der Waals surface area contributed by atoms with E-state index in [0.29, 0.717) is 18.5 Å². The molecule has 0 unspecified atom stereocenters. The molecule has 2 fully saturated rings. The Bertz CT molecular complexity index is 1420. The van der Waals surface area contributed by atoms with Gasteiger partial charge in [-0.1, -0.05) is 50.7 Å². The second-order valence-electron chi connectivity index (χ2n) is 13.3. The number of rotatable bonds is 13. The lowest BCUT2D eigenvalue weighted by molar-refractivity contribution is -0.671. The molecule has 4 amide bonds. The third-order valence-corrected chi connectivity index (χ3v) is 9.24. The van der Waals surface area contributed by atoms with Gasteiger partial charge in [-0.25, -0.2) is 9.36 Å². The van der Waals surface area contributed by atoms with Crippen LogP contribution in [0.3, 0.4) is 0 Å². The Morgan fingerprint density at radius 1 is 0.875 bits per heavy atom. The van der Waals surface area contributed by atoms with E-state index >= 15 is 0 Å². The standard InChI is InChI=1S/C36H50N6O6/c1-24(43)38-30(20-25-15-17-29(37)18-16-25)33(44)40-32(28-13-7-4-8-14-28)35(46)39-31(21-27-12-9-19-42(2)22-27)34(45)41-36(47)48-23-26-10-5-3-6-11-26/h9,12,15-19,22,26,28,30-32H,3-8,10-11,13-14,20-21,23,37H2,1-2H3,(H3-,38,39,40,41,43,44,45,46,47)/t30-,31-,32-/m0/s1. The maximum atomic E-state index is 14.1. The molecule has 2 aliphatic carbocycles. The van der Waals surface area contributed by atoms with E-state index in [9.17, 15) is 24.3 Å². The highest BCUT2D eigenvalue weighted by Gasteiger charge is 2.34. The summed E-state index contributed by atoms with van der Waals surface area (Å²) in [6.07, 6.45) is 12.5. The van der Waals surface area contributed by atoms with Crippen molar-refractivity contribution in [2.75, 3.05) is 12.3 Å². The summed E-state index contributed by atoms with van der Waals surface area (Å²) in [6, 6.07) is 7.56. The van der Waals surface area contributed by atoms with Crippen molar-refractivity contribution >= 4 is 35.4 Å². The van der Waals surface area contributed by atoms with Crippen LogP contribution in [0.15, 0.2) is 53.8 Å². The minimum atomic E-state index is -1.17. The van der Waals surface area contributed by atoms with Gasteiger partial charge in [-0.2, -0.15) is 4.99 Å². The minimum absolute atomic E-state index is 0.0790. The summed E-state index contributed by atoms with van der Waals surface area (Å²) in [5.74, 6) is -2.19. The fourth-order valence-corrected chi connectivity index (χ4v) is 6.67. The molecule has 2 aromatic rings. The van der Waals surface area contributed by atoms with Gasteiger partial charge in [0.25, 0.3) is 0 Å². The van der Waals surface area contributed by atoms with Crippen molar-refractivity contribution < 1.29 is 33.6 Å². The Kier molecular flexibility index (Phi) is 13.8. The van der Waals surface area contributed by atoms with Crippen LogP contribution in [0, 0.1) is 11.8 Å². The number of carbonyl (C=O) groups excluding carboxylic acids is 4. The number of nitrogens with zero attached hydrogens (tertiary/aromatic N) is 2. The molecule has 1 heterocycles. The lowest BCUT2D eigenvalue weighted by Gasteiger charge is -2.33. The average molecular weight is 663 g/mol. The Morgan fingerprint density at radius 2 is 1.52 bits per heavy atom. The van der Waals surface area contributed by atoms with Crippen molar-refractivity contribution in [2.45, 2.75) is 102 Å². The monoisotopic (exact) mass is 662 g/mol. The molecule has 12 heteroatoms. The molecule has 3 atom stereocenters. The molecule has 1 aromatic heterocycles. The van der Waals surface area contributed by atoms with E-state index in [1.807, 2.05) is 36.1 Å². The molecule has 0 aliphatic heterocycles. The number of hydrogen-bond acceptors (Lipinski definition) is 7. The van der Waals surface area contributed by atoms with Crippen molar-refractivity contribution in [3.05, 3.63) is 59.9 Å². The number of amides is 4. The highest BCUT2D eigenvalue weighted by molar-refractivity contribution is 5.95. The van der Waals surface area contributed by atoms with Crippen LogP contribution in [0.4, 0.5) is 10.5 Å². The number of hydrogen-bond donors (Lipinski definition) is 4. The van der Waals surface area contributed by atoms with Crippen LogP contribution >= 0.6 is 0 Å². The van der Waals surface area contributed by atoms with E-state index in [2.05, 4.69) is 20.9 Å². The van der Waals surface area contributed by atoms with E-state index < -0.39 is 41.9 Å². The zero-order valence-electron chi connectivity index (χ0n) is 28.1. The molecule has 0 spiro atoms. The van der Waals surface area contributed by atoms with Crippen LogP contribution in [-0.2, 0) is 39.0 Å². The molecule has 0 saturated heterocycles. The van der Waals surface area contributed by atoms with Crippen LogP contribution in [0.1, 0.15) is 82.3 Å². The predicted molar refractivity (Wildman–Crippen MR) is 179 cm³/mol. The number of benzene rings is 1. The van der Waals surface area contributed by atoms with Crippen molar-refractivity contribution in [1.82, 2.24) is 16.0 Å². The van der Waals surface area contributed by atoms with Gasteiger partial charge in [-0.3, -0.25) is 14.4 Å². The van der Waals surface area contributed by atoms with Crippen molar-refractivity contribution in [1.29, 1.82) is 0 Å². The summed E-state index contributed by atoms with van der Waals surface area (Å²) in [5.41, 5.74) is 7.93. The second-order valence-corrected chi connectivity index (χ2v) is 13.3. The fourth-order valence-electron chi connectivity index (χ4n) is 6.67. The first kappa shape index (κ1) is 36.4. The first-order chi connectivity index (χ1) is 23.1. The summed E-state index contributed by atoms with van der Waals surface area (Å²) in [4.78, 5) is 56.2. The maximum absolute atomic E-state index is 14.1. The highest BCUT2D eigenvalue weighted by Crippen LogP contribution is 2.27. The first-order valence-electron chi connectivity index (χ1n) is 17.2. The number of nitrogen functional groups attached to an aromatic ring is 1. The lowest BCUT2D eigenvalue weighted by Crippen LogP contribution is -2.59. The van der Waals surface area contributed by atoms with E-state index in [-0.39, 0.29) is 37.2 Å². The molecular formula is C36H50N6O6. The average Bonchev–Trinajstić information content (AvgIpc) is 3.07. The Hall–Kier alpha value is -4.48. The van der Waals surface area contributed by atoms with Gasteiger partial charge in [0, 0.05) is 37.1 Å². The molecular weight excluding hydrogens is 612 g/mol. The van der Waals surface area contributed by atoms with Gasteiger partial charge < -0.3 is 31.5 Å². The Labute approximate surface area is 282 Å². The Balaban J connectivity index is 1.54. The molecule has 0 bridgehead atoms. The number of nitrogens with two attached hydrogens (primary N) is 1. The van der Waals surface area contributed by atoms with E-state index in [0.717, 1.165) is 56.1 Å². The van der Waals surface area contributed by atoms with Gasteiger partial charge in [-0.05, 0) is 67.2 Å². The summed E-state index contributed by atoms with van der Waals surface area (Å²) in [7, 11) is 1.84. The maximum Gasteiger partial charge on any atom is 0.432 e. The highest BCUT2D eigenvalue weighted by atomic mass is 16.5. The quantitative estimate of drug-likeness (QED) is 0.110. The first-order valence-corrected chi connectivity index (χ1v) is 17.2. The third kappa shape index (κ3) is 11.6. The molecule has 2 saturated carbocycles. The molecule has 48 heavy (non-hydrogen) atoms. The smallest absolute Gasteiger partial charge is 0.432 e. The van der Waals surface area contributed by atoms with E-state index in [1.54, 1.807) is 24.3 Å². The van der Waals surface area contributed by atoms with Crippen LogP contribution in [0.25, 0.3) is 0 Å². The van der Waals surface area contributed by atoms with Crippen LogP contribution in [-0.4, -0.2) is 54.4 Å². The third-order valence-electron chi connectivity index (χ3n) is 9.24. The normalized spacial score (nSPS) is 17.8. The summed E-state index contributed by atoms with van der Waals surface area (Å²) in [6.45, 7) is 1.54. The Morgan fingerprint density at radius 3 is 2.17 bits per heavy atom. The number of nitrogens with one attached hydrogen (secondary N) is 3. The number of aliphatic imine (C=N–C) groups is 1. The molecule has 1 aromatic carbocycles. The van der Waals surface area contributed by atoms with Crippen molar-refractivity contribution in [2.24, 2.45) is 23.9 Å². The molecule has 4 rings (SSSR count). The summed E-state index contributed by atoms with van der Waals surface area (Å²) in [5, 5.41) is 21.9. The molecule has 12 nitrogen and oxygen atoms in total. The van der Waals surface area contributed by atoms with Gasteiger partial charge in [0.05, 0.1) is 12.6 Å². The van der Waals surface area contributed by atoms with Crippen molar-refractivity contribution in [3.63, 3.8) is 0 Å². The van der Waals surface area contributed by atoms with E-state index in [4.69, 9.17) is 10.5 Å². The SMILES string of the molecule is CC(=O)N[C@@H](Cc1ccc(N)cc1)C(=O)N[C@H](C(=O)N[C@@H](Cc1ccc[n+](C)c1)/C([O-])=N/C(=O)OCC1CCCCC1)C1CCCCC1. The van der Waals surface area contributed by atoms with Gasteiger partial charge in [0.15, 0.2) is 12.4 Å². The zero-order chi connectivity index (χ0) is 34.5. The molecule has 260 valence electrons. The number of anilines is 1. The van der Waals surface area contributed by atoms with Crippen LogP contribution < -0.4 is 31.4 Å². The van der Waals surface area contributed by atoms with Gasteiger partial charge in [0.1, 0.15) is 19.1 Å². The van der Waals surface area contributed by atoms with Gasteiger partial charge in [0.2, 0.25) is 17.7 Å². The number of aryl methyl sites for hydroxylation is 1. The number of pyridine rings is 1.